The van der Waals surface area contributed by atoms with E-state index in [0.717, 1.165) is 20.8 Å². The number of carbonyl (C=O) groups excluding carboxylic acids is 2. The van der Waals surface area contributed by atoms with Crippen LogP contribution in [0.2, 0.25) is 0 Å². The van der Waals surface area contributed by atoms with Gasteiger partial charge in [-0.1, -0.05) is 18.2 Å². The molecule has 1 aliphatic heterocycles. The molecule has 0 radical (unpaired) electrons. The lowest BCUT2D eigenvalue weighted by Crippen LogP contribution is -2.28. The Bertz CT molecular complexity index is 1000. The van der Waals surface area contributed by atoms with Gasteiger partial charge in [0.2, 0.25) is 6.79 Å². The van der Waals surface area contributed by atoms with E-state index in [1.165, 1.54) is 0 Å². The second-order valence-electron chi connectivity index (χ2n) is 6.55. The first kappa shape index (κ1) is 19.2. The maximum Gasteiger partial charge on any atom is 0.306 e. The summed E-state index contributed by atoms with van der Waals surface area (Å²) in [5, 5.41) is 3.72. The number of aryl methyl sites for hydroxylation is 1. The highest BCUT2D eigenvalue weighted by molar-refractivity contribution is 7.18. The Morgan fingerprint density at radius 2 is 2.00 bits per heavy atom. The van der Waals surface area contributed by atoms with Gasteiger partial charge in [0.15, 0.2) is 18.1 Å². The van der Waals surface area contributed by atoms with Crippen molar-refractivity contribution in [2.45, 2.75) is 25.8 Å². The molecule has 1 N–H and O–H groups in total. The van der Waals surface area contributed by atoms with Crippen molar-refractivity contribution in [1.29, 1.82) is 0 Å². The van der Waals surface area contributed by atoms with E-state index in [1.54, 1.807) is 17.4 Å². The lowest BCUT2D eigenvalue weighted by atomic mass is 10.2. The number of carbonyl (C=O) groups is 2. The summed E-state index contributed by atoms with van der Waals surface area (Å²) in [5.41, 5.74) is 1.86. The molecule has 1 amide bonds. The average Bonchev–Trinajstić information content (AvgIpc) is 3.36. The van der Waals surface area contributed by atoms with Gasteiger partial charge >= 0.3 is 5.97 Å². The van der Waals surface area contributed by atoms with Crippen LogP contribution in [-0.4, -0.2) is 30.3 Å². The van der Waals surface area contributed by atoms with Gasteiger partial charge in [0.1, 0.15) is 0 Å². The zero-order valence-electron chi connectivity index (χ0n) is 15.7. The standard InChI is InChI=1S/C21H20N2O5S/c24-19(22-11-14-8-9-16-17(10-14)28-13-27-16)12-26-21(25)7-3-6-20-23-15-4-1-2-5-18(15)29-20/h1-2,4-5,8-10H,3,6-7,11-13H2,(H,22,24). The van der Waals surface area contributed by atoms with Crippen LogP contribution in [0.5, 0.6) is 11.5 Å². The fourth-order valence-electron chi connectivity index (χ4n) is 2.93. The second kappa shape index (κ2) is 8.91. The maximum atomic E-state index is 11.9. The third-order valence-corrected chi connectivity index (χ3v) is 5.50. The number of hydrogen-bond acceptors (Lipinski definition) is 7. The number of amides is 1. The third-order valence-electron chi connectivity index (χ3n) is 4.40. The predicted octanol–water partition coefficient (Wildman–Crippen LogP) is 3.21. The minimum Gasteiger partial charge on any atom is -0.456 e. The molecule has 0 unspecified atom stereocenters. The molecule has 150 valence electrons. The fourth-order valence-corrected chi connectivity index (χ4v) is 3.94. The molecule has 0 aliphatic carbocycles. The van der Waals surface area contributed by atoms with Crippen LogP contribution in [0.3, 0.4) is 0 Å². The topological polar surface area (TPSA) is 86.8 Å². The number of fused-ring (bicyclic) bond motifs is 2. The van der Waals surface area contributed by atoms with Crippen LogP contribution >= 0.6 is 11.3 Å². The van der Waals surface area contributed by atoms with Crippen molar-refractivity contribution in [2.24, 2.45) is 0 Å². The summed E-state index contributed by atoms with van der Waals surface area (Å²) in [6, 6.07) is 13.4. The summed E-state index contributed by atoms with van der Waals surface area (Å²) in [5.74, 6) is 0.627. The molecule has 0 fully saturated rings. The number of nitrogens with zero attached hydrogens (tertiary/aromatic N) is 1. The summed E-state index contributed by atoms with van der Waals surface area (Å²) >= 11 is 1.63. The molecule has 0 bridgehead atoms. The Labute approximate surface area is 171 Å². The summed E-state index contributed by atoms with van der Waals surface area (Å²) in [7, 11) is 0. The molecule has 3 aromatic rings. The molecular formula is C21H20N2O5S. The Kier molecular flexibility index (Phi) is 5.90. The largest absolute Gasteiger partial charge is 0.456 e. The molecule has 7 nitrogen and oxygen atoms in total. The molecule has 0 saturated carbocycles. The van der Waals surface area contributed by atoms with E-state index in [2.05, 4.69) is 10.3 Å². The molecule has 29 heavy (non-hydrogen) atoms. The van der Waals surface area contributed by atoms with Gasteiger partial charge in [-0.15, -0.1) is 11.3 Å². The van der Waals surface area contributed by atoms with Crippen molar-refractivity contribution in [3.8, 4) is 11.5 Å². The van der Waals surface area contributed by atoms with Crippen LogP contribution in [0.4, 0.5) is 0 Å². The summed E-state index contributed by atoms with van der Waals surface area (Å²) < 4.78 is 16.7. The first-order valence-corrected chi connectivity index (χ1v) is 10.1. The van der Waals surface area contributed by atoms with Crippen LogP contribution in [0.1, 0.15) is 23.4 Å². The minimum absolute atomic E-state index is 0.208. The highest BCUT2D eigenvalue weighted by Crippen LogP contribution is 2.32. The van der Waals surface area contributed by atoms with Crippen molar-refractivity contribution < 1.29 is 23.8 Å². The highest BCUT2D eigenvalue weighted by atomic mass is 32.1. The molecular weight excluding hydrogens is 392 g/mol. The molecule has 2 aromatic carbocycles. The molecule has 1 aromatic heterocycles. The summed E-state index contributed by atoms with van der Waals surface area (Å²) in [6.07, 6.45) is 1.60. The van der Waals surface area contributed by atoms with Gasteiger partial charge in [0.25, 0.3) is 5.91 Å². The van der Waals surface area contributed by atoms with Crippen molar-refractivity contribution in [3.05, 3.63) is 53.0 Å². The number of hydrogen-bond donors (Lipinski definition) is 1. The second-order valence-corrected chi connectivity index (χ2v) is 7.67. The van der Waals surface area contributed by atoms with E-state index < -0.39 is 0 Å². The van der Waals surface area contributed by atoms with Gasteiger partial charge in [0.05, 0.1) is 15.2 Å². The van der Waals surface area contributed by atoms with E-state index in [0.29, 0.717) is 30.9 Å². The molecule has 0 saturated heterocycles. The number of rotatable bonds is 8. The lowest BCUT2D eigenvalue weighted by Gasteiger charge is -2.07. The summed E-state index contributed by atoms with van der Waals surface area (Å²) in [4.78, 5) is 28.3. The van der Waals surface area contributed by atoms with Gasteiger partial charge in [-0.3, -0.25) is 9.59 Å². The zero-order chi connectivity index (χ0) is 20.1. The monoisotopic (exact) mass is 412 g/mol. The van der Waals surface area contributed by atoms with E-state index in [1.807, 2.05) is 36.4 Å². The SMILES string of the molecule is O=C(COC(=O)CCCc1nc2ccccc2s1)NCc1ccc2c(c1)OCO2. The molecule has 4 rings (SSSR count). The van der Waals surface area contributed by atoms with Crippen LogP contribution < -0.4 is 14.8 Å². The van der Waals surface area contributed by atoms with E-state index in [4.69, 9.17) is 14.2 Å². The smallest absolute Gasteiger partial charge is 0.306 e. The zero-order valence-corrected chi connectivity index (χ0v) is 16.5. The van der Waals surface area contributed by atoms with Gasteiger partial charge in [0, 0.05) is 13.0 Å². The first-order chi connectivity index (χ1) is 14.2. The van der Waals surface area contributed by atoms with Gasteiger partial charge < -0.3 is 19.5 Å². The van der Waals surface area contributed by atoms with Crippen molar-refractivity contribution in [2.75, 3.05) is 13.4 Å². The fraction of sp³-hybridized carbons (Fsp3) is 0.286. The first-order valence-electron chi connectivity index (χ1n) is 9.33. The Morgan fingerprint density at radius 3 is 2.90 bits per heavy atom. The van der Waals surface area contributed by atoms with Gasteiger partial charge in [-0.2, -0.15) is 0 Å². The molecule has 8 heteroatoms. The summed E-state index contributed by atoms with van der Waals surface area (Å²) in [6.45, 7) is 0.245. The number of para-hydroxylation sites is 1. The van der Waals surface area contributed by atoms with Crippen LogP contribution in [-0.2, 0) is 27.3 Å². The molecule has 0 atom stereocenters. The number of thiazole rings is 1. The van der Waals surface area contributed by atoms with Crippen molar-refractivity contribution in [3.63, 3.8) is 0 Å². The lowest BCUT2D eigenvalue weighted by molar-refractivity contribution is -0.148. The highest BCUT2D eigenvalue weighted by Gasteiger charge is 2.14. The van der Waals surface area contributed by atoms with Crippen LogP contribution in [0.25, 0.3) is 10.2 Å². The number of benzene rings is 2. The number of ether oxygens (including phenoxy) is 3. The molecule has 1 aliphatic rings. The molecule has 2 heterocycles. The Balaban J connectivity index is 1.14. The van der Waals surface area contributed by atoms with Crippen LogP contribution in [0.15, 0.2) is 42.5 Å². The van der Waals surface area contributed by atoms with Crippen molar-refractivity contribution in [1.82, 2.24) is 10.3 Å². The molecule has 0 spiro atoms. The van der Waals surface area contributed by atoms with Crippen molar-refractivity contribution >= 4 is 33.4 Å². The number of aromatic nitrogens is 1. The number of nitrogens with one attached hydrogen (secondary N) is 1. The predicted molar refractivity (Wildman–Crippen MR) is 108 cm³/mol. The minimum atomic E-state index is -0.385. The normalized spacial score (nSPS) is 12.1. The Morgan fingerprint density at radius 1 is 1.14 bits per heavy atom. The van der Waals surface area contributed by atoms with E-state index >= 15 is 0 Å². The third kappa shape index (κ3) is 5.03. The Hall–Kier alpha value is -3.13. The quantitative estimate of drug-likeness (QED) is 0.572. The van der Waals surface area contributed by atoms with Gasteiger partial charge in [-0.05, 0) is 42.7 Å². The maximum absolute atomic E-state index is 11.9. The number of esters is 1. The van der Waals surface area contributed by atoms with E-state index in [-0.39, 0.29) is 31.7 Å². The van der Waals surface area contributed by atoms with E-state index in [9.17, 15) is 9.59 Å². The van der Waals surface area contributed by atoms with Gasteiger partial charge in [-0.25, -0.2) is 4.98 Å². The average molecular weight is 412 g/mol. The van der Waals surface area contributed by atoms with Crippen LogP contribution in [0, 0.1) is 0 Å².